The quantitative estimate of drug-likeness (QED) is 0.395. The molecule has 0 saturated carbocycles. The number of morpholine rings is 1. The predicted octanol–water partition coefficient (Wildman–Crippen LogP) is 3.74. The summed E-state index contributed by atoms with van der Waals surface area (Å²) in [5.74, 6) is 6.99. The van der Waals surface area contributed by atoms with Crippen molar-refractivity contribution in [3.05, 3.63) is 22.6 Å². The lowest BCUT2D eigenvalue weighted by Crippen LogP contribution is -2.54. The monoisotopic (exact) mass is 500 g/mol. The van der Waals surface area contributed by atoms with Gasteiger partial charge < -0.3 is 20.7 Å². The van der Waals surface area contributed by atoms with Crippen molar-refractivity contribution in [1.29, 1.82) is 0 Å². The zero-order valence-corrected chi connectivity index (χ0v) is 22.0. The van der Waals surface area contributed by atoms with Crippen LogP contribution in [0.2, 0.25) is 5.28 Å². The summed E-state index contributed by atoms with van der Waals surface area (Å²) in [6, 6.07) is 0.179. The van der Waals surface area contributed by atoms with Crippen molar-refractivity contribution in [3.8, 4) is 11.8 Å². The number of allylic oxidation sites excluding steroid dienone is 2. The normalized spacial score (nSPS) is 16.9. The number of aliphatic imine (C=N–C) groups is 1. The molecule has 3 heterocycles. The van der Waals surface area contributed by atoms with Crippen LogP contribution in [-0.2, 0) is 16.0 Å². The number of nitrogens with one attached hydrogen (secondary N) is 1. The van der Waals surface area contributed by atoms with Crippen molar-refractivity contribution in [1.82, 2.24) is 15.3 Å². The molecule has 190 valence electrons. The van der Waals surface area contributed by atoms with Crippen LogP contribution in [0.15, 0.2) is 16.6 Å². The molecule has 0 radical (unpaired) electrons. The van der Waals surface area contributed by atoms with Crippen molar-refractivity contribution >= 4 is 34.7 Å². The van der Waals surface area contributed by atoms with Crippen LogP contribution < -0.4 is 16.0 Å². The number of nitrogens with zero attached hydrogens (tertiary/aromatic N) is 4. The van der Waals surface area contributed by atoms with Gasteiger partial charge in [0.05, 0.1) is 36.6 Å². The largest absolute Gasteiger partial charge is 0.378 e. The maximum Gasteiger partial charge on any atom is 0.237 e. The molecule has 3 rings (SSSR count). The smallest absolute Gasteiger partial charge is 0.237 e. The Hall–Kier alpha value is -2.47. The van der Waals surface area contributed by atoms with E-state index in [1.807, 2.05) is 13.8 Å². The lowest BCUT2D eigenvalue weighted by Gasteiger charge is -2.29. The number of carbonyl (C=O) groups excluding carboxylic acids is 1. The third-order valence-corrected chi connectivity index (χ3v) is 6.55. The standard InChI is InChI=1S/C26H37ClN6O2/c1-5-18-16-20(11-9-7-8-10-19(6-2)32-26(3,4)24(28)34)29-22-21(17-18)30-25(27)31-23(22)33-12-14-35-15-13-33/h16,19,32H,5-6,8,10-15,17H2,1-4H3,(H2,28,34)/t19-/m1/s1. The summed E-state index contributed by atoms with van der Waals surface area (Å²) in [6.45, 7) is 10.7. The lowest BCUT2D eigenvalue weighted by molar-refractivity contribution is -0.123. The molecule has 1 fully saturated rings. The van der Waals surface area contributed by atoms with Crippen LogP contribution >= 0.6 is 11.6 Å². The van der Waals surface area contributed by atoms with Crippen LogP contribution in [0.1, 0.15) is 65.5 Å². The third-order valence-electron chi connectivity index (χ3n) is 6.38. The van der Waals surface area contributed by atoms with Gasteiger partial charge in [-0.05, 0) is 50.8 Å². The van der Waals surface area contributed by atoms with Crippen molar-refractivity contribution in [2.45, 2.75) is 77.8 Å². The number of rotatable bonds is 9. The van der Waals surface area contributed by atoms with Crippen molar-refractivity contribution < 1.29 is 9.53 Å². The number of amides is 1. The second-order valence-corrected chi connectivity index (χ2v) is 9.79. The first-order valence-electron chi connectivity index (χ1n) is 12.4. The fourth-order valence-corrected chi connectivity index (χ4v) is 4.32. The molecule has 1 atom stereocenters. The van der Waals surface area contributed by atoms with Gasteiger partial charge in [0.1, 0.15) is 5.69 Å². The molecule has 0 aromatic carbocycles. The van der Waals surface area contributed by atoms with Crippen LogP contribution in [0, 0.1) is 11.8 Å². The Kier molecular flexibility index (Phi) is 9.67. The highest BCUT2D eigenvalue weighted by atomic mass is 35.5. The summed E-state index contributed by atoms with van der Waals surface area (Å²) < 4.78 is 5.51. The summed E-state index contributed by atoms with van der Waals surface area (Å²) in [6.07, 6.45) is 6.76. The van der Waals surface area contributed by atoms with Crippen LogP contribution in [-0.4, -0.2) is 59.5 Å². The number of anilines is 1. The molecule has 0 aliphatic carbocycles. The van der Waals surface area contributed by atoms with Gasteiger partial charge in [0.25, 0.3) is 0 Å². The molecule has 1 saturated heterocycles. The van der Waals surface area contributed by atoms with Gasteiger partial charge in [-0.25, -0.2) is 9.98 Å². The summed E-state index contributed by atoms with van der Waals surface area (Å²) >= 11 is 6.29. The highest BCUT2D eigenvalue weighted by Crippen LogP contribution is 2.35. The molecule has 1 aromatic rings. The molecule has 3 N–H and O–H groups in total. The van der Waals surface area contributed by atoms with Crippen molar-refractivity contribution in [2.75, 3.05) is 31.2 Å². The topological polar surface area (TPSA) is 106 Å². The Labute approximate surface area is 213 Å². The number of hydrogen-bond donors (Lipinski definition) is 2. The average Bonchev–Trinajstić information content (AvgIpc) is 3.01. The van der Waals surface area contributed by atoms with E-state index >= 15 is 0 Å². The average molecular weight is 501 g/mol. The molecule has 0 unspecified atom stereocenters. The maximum atomic E-state index is 11.6. The van der Waals surface area contributed by atoms with Crippen LogP contribution in [0.5, 0.6) is 0 Å². The molecule has 2 aliphatic rings. The van der Waals surface area contributed by atoms with Crippen molar-refractivity contribution in [2.24, 2.45) is 10.7 Å². The Morgan fingerprint density at radius 3 is 2.69 bits per heavy atom. The van der Waals surface area contributed by atoms with Gasteiger partial charge in [-0.1, -0.05) is 25.3 Å². The van der Waals surface area contributed by atoms with E-state index in [0.717, 1.165) is 61.7 Å². The van der Waals surface area contributed by atoms with E-state index in [1.165, 1.54) is 5.57 Å². The molecular formula is C26H37ClN6O2. The Balaban J connectivity index is 1.74. The molecule has 0 bridgehead atoms. The first-order valence-corrected chi connectivity index (χ1v) is 12.8. The minimum absolute atomic E-state index is 0.179. The zero-order chi connectivity index (χ0) is 25.4. The van der Waals surface area contributed by atoms with E-state index in [9.17, 15) is 4.79 Å². The summed E-state index contributed by atoms with van der Waals surface area (Å²) in [7, 11) is 0. The summed E-state index contributed by atoms with van der Waals surface area (Å²) in [5.41, 5.74) is 8.56. The van der Waals surface area contributed by atoms with Crippen LogP contribution in [0.4, 0.5) is 11.5 Å². The van der Waals surface area contributed by atoms with Crippen molar-refractivity contribution in [3.63, 3.8) is 0 Å². The zero-order valence-electron chi connectivity index (χ0n) is 21.3. The van der Waals surface area contributed by atoms with E-state index in [1.54, 1.807) is 0 Å². The number of primary amides is 1. The number of nitrogens with two attached hydrogens (primary N) is 1. The number of ether oxygens (including phenoxy) is 1. The fourth-order valence-electron chi connectivity index (χ4n) is 4.14. The first kappa shape index (κ1) is 27.1. The predicted molar refractivity (Wildman–Crippen MR) is 141 cm³/mol. The summed E-state index contributed by atoms with van der Waals surface area (Å²) in [4.78, 5) is 27.8. The number of fused-ring (bicyclic) bond motifs is 1. The minimum atomic E-state index is -0.735. The van der Waals surface area contributed by atoms with E-state index in [0.29, 0.717) is 26.1 Å². The van der Waals surface area contributed by atoms with E-state index in [2.05, 4.69) is 51.9 Å². The van der Waals surface area contributed by atoms with E-state index < -0.39 is 5.54 Å². The molecule has 9 heteroatoms. The Morgan fingerprint density at radius 2 is 2.03 bits per heavy atom. The maximum absolute atomic E-state index is 11.6. The SMILES string of the molecule is CCC1=CC(CC#CCC[C@@H](CC)NC(C)(C)C(N)=O)=Nc2c(nc(Cl)nc2N2CCOCC2)C1. The van der Waals surface area contributed by atoms with Gasteiger partial charge >= 0.3 is 0 Å². The molecule has 2 aliphatic heterocycles. The molecule has 1 amide bonds. The van der Waals surface area contributed by atoms with Gasteiger partial charge in [0.2, 0.25) is 11.2 Å². The Morgan fingerprint density at radius 1 is 1.29 bits per heavy atom. The van der Waals surface area contributed by atoms with E-state index in [4.69, 9.17) is 27.1 Å². The van der Waals surface area contributed by atoms with Crippen LogP contribution in [0.25, 0.3) is 0 Å². The van der Waals surface area contributed by atoms with Gasteiger partial charge in [-0.2, -0.15) is 4.98 Å². The van der Waals surface area contributed by atoms with Gasteiger partial charge in [0, 0.05) is 32.0 Å². The molecule has 0 spiro atoms. The second-order valence-electron chi connectivity index (χ2n) is 9.45. The first-order chi connectivity index (χ1) is 16.7. The lowest BCUT2D eigenvalue weighted by atomic mass is 10.00. The number of halogens is 1. The third kappa shape index (κ3) is 7.50. The summed E-state index contributed by atoms with van der Waals surface area (Å²) in [5, 5.41) is 3.59. The highest BCUT2D eigenvalue weighted by molar-refractivity contribution is 6.28. The molecule has 1 aromatic heterocycles. The van der Waals surface area contributed by atoms with E-state index in [-0.39, 0.29) is 17.2 Å². The van der Waals surface area contributed by atoms with Gasteiger partial charge in [-0.15, -0.1) is 5.92 Å². The highest BCUT2D eigenvalue weighted by Gasteiger charge is 2.27. The molecular weight excluding hydrogens is 464 g/mol. The van der Waals surface area contributed by atoms with Gasteiger partial charge in [0.15, 0.2) is 5.82 Å². The van der Waals surface area contributed by atoms with Gasteiger partial charge in [-0.3, -0.25) is 4.79 Å². The second kappa shape index (κ2) is 12.5. The molecule has 8 nitrogen and oxygen atoms in total. The van der Waals surface area contributed by atoms with Crippen LogP contribution in [0.3, 0.4) is 0 Å². The number of carbonyl (C=O) groups is 1. The minimum Gasteiger partial charge on any atom is -0.378 e. The fraction of sp³-hybridized carbons (Fsp3) is 0.615. The molecule has 35 heavy (non-hydrogen) atoms. The number of hydrogen-bond acceptors (Lipinski definition) is 7. The number of aromatic nitrogens is 2. The Bertz CT molecular complexity index is 1030.